The Hall–Kier alpha value is -2.84. The average Bonchev–Trinajstić information content (AvgIpc) is 2.98. The number of hydrogen-bond acceptors (Lipinski definition) is 6. The second-order valence-corrected chi connectivity index (χ2v) is 6.83. The molecule has 2 amide bonds. The van der Waals surface area contributed by atoms with Crippen molar-refractivity contribution in [3.8, 4) is 5.88 Å². The molecule has 0 aromatic carbocycles. The van der Waals surface area contributed by atoms with Crippen molar-refractivity contribution in [3.05, 3.63) is 29.7 Å². The van der Waals surface area contributed by atoms with Crippen LogP contribution >= 0.6 is 0 Å². The average molecular weight is 373 g/mol. The van der Waals surface area contributed by atoms with Gasteiger partial charge in [0.05, 0.1) is 19.3 Å². The van der Waals surface area contributed by atoms with Crippen LogP contribution in [0.2, 0.25) is 0 Å². The minimum atomic E-state index is -0.0461. The number of methoxy groups -OCH3 is 1. The minimum absolute atomic E-state index is 0.00440. The van der Waals surface area contributed by atoms with E-state index < -0.39 is 0 Å². The van der Waals surface area contributed by atoms with Gasteiger partial charge in [-0.15, -0.1) is 0 Å². The van der Waals surface area contributed by atoms with Gasteiger partial charge < -0.3 is 19.9 Å². The summed E-state index contributed by atoms with van der Waals surface area (Å²) in [7, 11) is 1.58. The number of aryl methyl sites for hydroxylation is 2. The highest BCUT2D eigenvalue weighted by molar-refractivity contribution is 5.74. The zero-order valence-corrected chi connectivity index (χ0v) is 16.3. The van der Waals surface area contributed by atoms with Crippen LogP contribution in [0.25, 0.3) is 0 Å². The van der Waals surface area contributed by atoms with Gasteiger partial charge in [-0.25, -0.2) is 9.78 Å². The fourth-order valence-electron chi connectivity index (χ4n) is 3.17. The van der Waals surface area contributed by atoms with E-state index in [1.807, 2.05) is 36.4 Å². The summed E-state index contributed by atoms with van der Waals surface area (Å²) in [5.41, 5.74) is 2.09. The largest absolute Gasteiger partial charge is 0.481 e. The molecule has 0 aliphatic carbocycles. The molecule has 1 fully saturated rings. The third kappa shape index (κ3) is 4.66. The number of aromatic nitrogens is 4. The number of nitrogens with one attached hydrogen (secondary N) is 1. The van der Waals surface area contributed by atoms with Crippen molar-refractivity contribution >= 4 is 12.0 Å². The second-order valence-electron chi connectivity index (χ2n) is 6.83. The summed E-state index contributed by atoms with van der Waals surface area (Å²) in [5, 5.41) is 7.51. The summed E-state index contributed by atoms with van der Waals surface area (Å²) < 4.78 is 7.08. The Labute approximate surface area is 159 Å². The number of piperazine rings is 1. The fourth-order valence-corrected chi connectivity index (χ4v) is 3.17. The standard InChI is InChI=1S/C18H27N7O2/c1-13-11-15(3)25(22-13)12-14(2)20-18(26)24-9-7-23(8-10-24)17-19-6-5-16(21-17)27-4/h5-6,11,14H,7-10,12H2,1-4H3,(H,20,26). The zero-order chi connectivity index (χ0) is 19.4. The van der Waals surface area contributed by atoms with E-state index in [0.29, 0.717) is 44.6 Å². The van der Waals surface area contributed by atoms with E-state index in [1.165, 1.54) is 0 Å². The molecule has 9 heteroatoms. The third-order valence-electron chi connectivity index (χ3n) is 4.60. The number of carbonyl (C=O) groups excluding carboxylic acids is 1. The first-order valence-electron chi connectivity index (χ1n) is 9.14. The third-order valence-corrected chi connectivity index (χ3v) is 4.60. The predicted molar refractivity (Wildman–Crippen MR) is 102 cm³/mol. The Kier molecular flexibility index (Phi) is 5.78. The van der Waals surface area contributed by atoms with Gasteiger partial charge in [0, 0.05) is 50.2 Å². The van der Waals surface area contributed by atoms with Crippen molar-refractivity contribution in [2.45, 2.75) is 33.4 Å². The molecule has 0 bridgehead atoms. The first kappa shape index (κ1) is 18.9. The van der Waals surface area contributed by atoms with Crippen molar-refractivity contribution in [2.75, 3.05) is 38.2 Å². The number of nitrogens with zero attached hydrogens (tertiary/aromatic N) is 6. The number of hydrogen-bond donors (Lipinski definition) is 1. The van der Waals surface area contributed by atoms with Crippen LogP contribution in [0.1, 0.15) is 18.3 Å². The topological polar surface area (TPSA) is 88.4 Å². The van der Waals surface area contributed by atoms with Gasteiger partial charge in [0.15, 0.2) is 0 Å². The lowest BCUT2D eigenvalue weighted by molar-refractivity contribution is 0.189. The Morgan fingerprint density at radius 3 is 2.67 bits per heavy atom. The van der Waals surface area contributed by atoms with E-state index in [-0.39, 0.29) is 12.1 Å². The molecule has 1 aliphatic rings. The van der Waals surface area contributed by atoms with E-state index in [0.717, 1.165) is 11.4 Å². The van der Waals surface area contributed by atoms with E-state index in [1.54, 1.807) is 19.4 Å². The lowest BCUT2D eigenvalue weighted by Gasteiger charge is -2.35. The van der Waals surface area contributed by atoms with Gasteiger partial charge in [-0.2, -0.15) is 10.1 Å². The molecular weight excluding hydrogens is 346 g/mol. The molecule has 3 heterocycles. The maximum absolute atomic E-state index is 12.5. The molecule has 146 valence electrons. The summed E-state index contributed by atoms with van der Waals surface area (Å²) in [5.74, 6) is 1.17. The lowest BCUT2D eigenvalue weighted by Crippen LogP contribution is -2.54. The van der Waals surface area contributed by atoms with E-state index >= 15 is 0 Å². The van der Waals surface area contributed by atoms with Crippen LogP contribution in [0.15, 0.2) is 18.3 Å². The van der Waals surface area contributed by atoms with Gasteiger partial charge in [-0.3, -0.25) is 4.68 Å². The van der Waals surface area contributed by atoms with Crippen molar-refractivity contribution < 1.29 is 9.53 Å². The van der Waals surface area contributed by atoms with Crippen molar-refractivity contribution in [3.63, 3.8) is 0 Å². The molecule has 1 saturated heterocycles. The zero-order valence-electron chi connectivity index (χ0n) is 16.3. The molecule has 0 saturated carbocycles. The van der Waals surface area contributed by atoms with Gasteiger partial charge in [0.25, 0.3) is 0 Å². The fraction of sp³-hybridized carbons (Fsp3) is 0.556. The van der Waals surface area contributed by atoms with Crippen LogP contribution in [0.5, 0.6) is 5.88 Å². The number of urea groups is 1. The molecule has 27 heavy (non-hydrogen) atoms. The first-order chi connectivity index (χ1) is 13.0. The van der Waals surface area contributed by atoms with Crippen molar-refractivity contribution in [1.82, 2.24) is 30.0 Å². The quantitative estimate of drug-likeness (QED) is 0.848. The lowest BCUT2D eigenvalue weighted by atomic mass is 10.3. The summed E-state index contributed by atoms with van der Waals surface area (Å²) in [6.07, 6.45) is 1.68. The molecule has 3 rings (SSSR count). The van der Waals surface area contributed by atoms with Crippen LogP contribution in [-0.2, 0) is 6.54 Å². The number of carbonyl (C=O) groups is 1. The summed E-state index contributed by atoms with van der Waals surface area (Å²) in [4.78, 5) is 25.1. The summed E-state index contributed by atoms with van der Waals surface area (Å²) in [6, 6.07) is 3.71. The predicted octanol–water partition coefficient (Wildman–Crippen LogP) is 1.22. The summed E-state index contributed by atoms with van der Waals surface area (Å²) in [6.45, 7) is 9.27. The van der Waals surface area contributed by atoms with E-state index in [4.69, 9.17) is 4.74 Å². The number of anilines is 1. The van der Waals surface area contributed by atoms with Gasteiger partial charge in [-0.1, -0.05) is 0 Å². The molecular formula is C18H27N7O2. The molecule has 0 spiro atoms. The minimum Gasteiger partial charge on any atom is -0.481 e. The van der Waals surface area contributed by atoms with Gasteiger partial charge in [-0.05, 0) is 26.8 Å². The number of rotatable bonds is 5. The molecule has 1 N–H and O–H groups in total. The van der Waals surface area contributed by atoms with Crippen LogP contribution in [0.3, 0.4) is 0 Å². The van der Waals surface area contributed by atoms with E-state index in [2.05, 4.69) is 25.3 Å². The monoisotopic (exact) mass is 373 g/mol. The first-order valence-corrected chi connectivity index (χ1v) is 9.14. The maximum Gasteiger partial charge on any atom is 0.317 e. The number of amides is 2. The SMILES string of the molecule is COc1ccnc(N2CCN(C(=O)NC(C)Cn3nc(C)cc3C)CC2)n1. The molecule has 9 nitrogen and oxygen atoms in total. The highest BCUT2D eigenvalue weighted by Crippen LogP contribution is 2.14. The van der Waals surface area contributed by atoms with Crippen LogP contribution in [-0.4, -0.2) is 70.0 Å². The van der Waals surface area contributed by atoms with Crippen LogP contribution in [0.4, 0.5) is 10.7 Å². The molecule has 1 aliphatic heterocycles. The smallest absolute Gasteiger partial charge is 0.317 e. The number of ether oxygens (including phenoxy) is 1. The normalized spacial score (nSPS) is 15.6. The van der Waals surface area contributed by atoms with Gasteiger partial charge in [0.2, 0.25) is 11.8 Å². The van der Waals surface area contributed by atoms with Crippen LogP contribution in [0, 0.1) is 13.8 Å². The molecule has 0 radical (unpaired) electrons. The Balaban J connectivity index is 1.50. The highest BCUT2D eigenvalue weighted by atomic mass is 16.5. The second kappa shape index (κ2) is 8.24. The Bertz CT molecular complexity index is 784. The molecule has 2 aromatic rings. The molecule has 1 unspecified atom stereocenters. The van der Waals surface area contributed by atoms with Crippen LogP contribution < -0.4 is 15.0 Å². The Morgan fingerprint density at radius 1 is 1.30 bits per heavy atom. The van der Waals surface area contributed by atoms with E-state index in [9.17, 15) is 4.79 Å². The van der Waals surface area contributed by atoms with Gasteiger partial charge in [0.1, 0.15) is 0 Å². The maximum atomic E-state index is 12.5. The Morgan fingerprint density at radius 2 is 2.04 bits per heavy atom. The summed E-state index contributed by atoms with van der Waals surface area (Å²) >= 11 is 0. The molecule has 1 atom stereocenters. The molecule has 2 aromatic heterocycles. The van der Waals surface area contributed by atoms with Crippen molar-refractivity contribution in [2.24, 2.45) is 0 Å². The van der Waals surface area contributed by atoms with Crippen molar-refractivity contribution in [1.29, 1.82) is 0 Å². The van der Waals surface area contributed by atoms with Gasteiger partial charge >= 0.3 is 6.03 Å². The highest BCUT2D eigenvalue weighted by Gasteiger charge is 2.23.